The molecule has 1 fully saturated rings. The van der Waals surface area contributed by atoms with E-state index in [2.05, 4.69) is 10.3 Å². The van der Waals surface area contributed by atoms with E-state index in [0.29, 0.717) is 40.1 Å². The number of nitrogens with two attached hydrogens (primary N) is 1. The van der Waals surface area contributed by atoms with Crippen LogP contribution in [-0.4, -0.2) is 37.8 Å². The Hall–Kier alpha value is -2.51. The highest BCUT2D eigenvalue weighted by molar-refractivity contribution is 7.84. The fraction of sp³-hybridized carbons (Fsp3) is 0.500. The summed E-state index contributed by atoms with van der Waals surface area (Å²) in [5, 5.41) is 8.63. The lowest BCUT2D eigenvalue weighted by Crippen LogP contribution is -2.39. The summed E-state index contributed by atoms with van der Waals surface area (Å²) >= 11 is 6.47. The maximum absolute atomic E-state index is 13.9. The second-order valence-corrected chi connectivity index (χ2v) is 12.8. The third-order valence-electron chi connectivity index (χ3n) is 7.44. The molecule has 1 unspecified atom stereocenters. The van der Waals surface area contributed by atoms with Gasteiger partial charge < -0.3 is 14.8 Å². The minimum absolute atomic E-state index is 0.0506. The number of alkyl halides is 6. The van der Waals surface area contributed by atoms with Crippen LogP contribution in [0.1, 0.15) is 44.2 Å². The highest BCUT2D eigenvalue weighted by Crippen LogP contribution is 2.40. The summed E-state index contributed by atoms with van der Waals surface area (Å²) in [5.41, 5.74) is 1.03. The summed E-state index contributed by atoms with van der Waals surface area (Å²) in [6, 6.07) is 7.02. The number of anilines is 3. The van der Waals surface area contributed by atoms with Gasteiger partial charge in [-0.3, -0.25) is 5.14 Å². The van der Waals surface area contributed by atoms with Crippen molar-refractivity contribution < 1.29 is 30.6 Å². The minimum atomic E-state index is -4.64. The molecule has 6 nitrogen and oxygen atoms in total. The number of imidazole rings is 1. The maximum atomic E-state index is 13.9. The van der Waals surface area contributed by atoms with Crippen molar-refractivity contribution in [3.8, 4) is 0 Å². The first-order valence-corrected chi connectivity index (χ1v) is 14.2. The molecule has 1 saturated heterocycles. The van der Waals surface area contributed by atoms with Crippen molar-refractivity contribution in [2.45, 2.75) is 56.6 Å². The molecule has 1 aromatic heterocycles. The number of rotatable bonds is 7. The molecule has 0 amide bonds. The Morgan fingerprint density at radius 1 is 1.10 bits per heavy atom. The van der Waals surface area contributed by atoms with Crippen molar-refractivity contribution in [1.29, 1.82) is 0 Å². The molecule has 0 radical (unpaired) electrons. The molecule has 1 aliphatic rings. The molecule has 0 bridgehead atoms. The average molecular weight is 610 g/mol. The number of hydrogen-bond donors (Lipinski definition) is 2. The van der Waals surface area contributed by atoms with Crippen LogP contribution in [0.5, 0.6) is 0 Å². The van der Waals surface area contributed by atoms with Crippen molar-refractivity contribution in [3.05, 3.63) is 46.5 Å². The van der Waals surface area contributed by atoms with Crippen molar-refractivity contribution in [2.75, 3.05) is 23.3 Å². The molecular weight excluding hydrogens is 580 g/mol. The summed E-state index contributed by atoms with van der Waals surface area (Å²) in [6.45, 7) is 3.80. The van der Waals surface area contributed by atoms with Gasteiger partial charge in [0.2, 0.25) is 5.95 Å². The zero-order valence-corrected chi connectivity index (χ0v) is 23.7. The van der Waals surface area contributed by atoms with Crippen molar-refractivity contribution in [3.63, 3.8) is 0 Å². The van der Waals surface area contributed by atoms with Crippen LogP contribution >= 0.6 is 11.6 Å². The zero-order valence-electron chi connectivity index (χ0n) is 22.1. The molecule has 0 saturated carbocycles. The zero-order chi connectivity index (χ0) is 29.6. The van der Waals surface area contributed by atoms with Gasteiger partial charge in [0.15, 0.2) is 0 Å². The van der Waals surface area contributed by atoms with Gasteiger partial charge in [-0.05, 0) is 69.4 Å². The molecule has 2 aromatic carbocycles. The molecule has 0 spiro atoms. The summed E-state index contributed by atoms with van der Waals surface area (Å²) < 4.78 is 93.5. The fourth-order valence-electron chi connectivity index (χ4n) is 4.77. The number of benzene rings is 2. The van der Waals surface area contributed by atoms with E-state index in [4.69, 9.17) is 16.7 Å². The number of aryl methyl sites for hydroxylation is 2. The molecule has 2 heterocycles. The Morgan fingerprint density at radius 2 is 1.75 bits per heavy atom. The van der Waals surface area contributed by atoms with Crippen LogP contribution in [-0.2, 0) is 30.6 Å². The first-order chi connectivity index (χ1) is 18.5. The smallest absolute Gasteiger partial charge is 0.370 e. The summed E-state index contributed by atoms with van der Waals surface area (Å²) in [4.78, 5) is 6.22. The molecule has 220 valence electrons. The summed E-state index contributed by atoms with van der Waals surface area (Å²) in [5.74, 6) is -1.23. The second kappa shape index (κ2) is 11.1. The maximum Gasteiger partial charge on any atom is 0.418 e. The van der Waals surface area contributed by atoms with E-state index >= 15 is 0 Å². The first kappa shape index (κ1) is 30.4. The number of piperidine rings is 1. The Bertz CT molecular complexity index is 1410. The number of nitrogens with one attached hydrogen (secondary N) is 1. The predicted octanol–water partition coefficient (Wildman–Crippen LogP) is 7.10. The van der Waals surface area contributed by atoms with Crippen LogP contribution in [0.25, 0.3) is 11.0 Å². The lowest BCUT2D eigenvalue weighted by Gasteiger charge is -2.34. The SMILES string of the molecule is Cn1c(Nc2cc(CCC(C)(C)S(N)=O)ccc2C(F)(F)F)nc2cc(Cl)c(N3CCC(C(F)(F)F)CC3)cc21. The molecule has 1 atom stereocenters. The van der Waals surface area contributed by atoms with E-state index in [1.165, 1.54) is 12.1 Å². The first-order valence-electron chi connectivity index (χ1n) is 12.6. The molecular formula is C26H30ClF6N5OS. The van der Waals surface area contributed by atoms with Crippen LogP contribution in [0.3, 0.4) is 0 Å². The van der Waals surface area contributed by atoms with Gasteiger partial charge in [0, 0.05) is 20.1 Å². The van der Waals surface area contributed by atoms with Crippen LogP contribution in [0, 0.1) is 5.92 Å². The van der Waals surface area contributed by atoms with Crippen molar-refractivity contribution in [2.24, 2.45) is 18.1 Å². The monoisotopic (exact) mass is 609 g/mol. The fourth-order valence-corrected chi connectivity index (χ4v) is 5.35. The average Bonchev–Trinajstić information content (AvgIpc) is 3.15. The van der Waals surface area contributed by atoms with Gasteiger partial charge >= 0.3 is 12.4 Å². The van der Waals surface area contributed by atoms with Gasteiger partial charge in [-0.15, -0.1) is 0 Å². The number of fused-ring (bicyclic) bond motifs is 1. The van der Waals surface area contributed by atoms with E-state index in [1.54, 1.807) is 42.5 Å². The number of aromatic nitrogens is 2. The van der Waals surface area contributed by atoms with E-state index in [0.717, 1.165) is 6.07 Å². The van der Waals surface area contributed by atoms with Crippen LogP contribution in [0.15, 0.2) is 30.3 Å². The number of hydrogen-bond acceptors (Lipinski definition) is 4. The summed E-state index contributed by atoms with van der Waals surface area (Å²) in [7, 11) is 0.0242. The van der Waals surface area contributed by atoms with Crippen molar-refractivity contribution >= 4 is 50.9 Å². The molecule has 40 heavy (non-hydrogen) atoms. The van der Waals surface area contributed by atoms with E-state index in [-0.39, 0.29) is 37.6 Å². The molecule has 3 N–H and O–H groups in total. The van der Waals surface area contributed by atoms with Gasteiger partial charge in [-0.1, -0.05) is 17.7 Å². The predicted molar refractivity (Wildman–Crippen MR) is 146 cm³/mol. The van der Waals surface area contributed by atoms with Gasteiger partial charge in [-0.2, -0.15) is 26.3 Å². The highest BCUT2D eigenvalue weighted by Gasteiger charge is 2.41. The number of halogens is 7. The largest absolute Gasteiger partial charge is 0.418 e. The van der Waals surface area contributed by atoms with E-state index < -0.39 is 39.6 Å². The van der Waals surface area contributed by atoms with Gasteiger partial charge in [0.1, 0.15) is 0 Å². The van der Waals surface area contributed by atoms with Gasteiger partial charge in [0.25, 0.3) is 0 Å². The Labute approximate surface area is 235 Å². The third-order valence-corrected chi connectivity index (χ3v) is 9.04. The molecule has 3 aromatic rings. The molecule has 4 rings (SSSR count). The summed E-state index contributed by atoms with van der Waals surface area (Å²) in [6.07, 6.45) is -8.23. The Kier molecular flexibility index (Phi) is 8.41. The molecule has 0 aliphatic carbocycles. The lowest BCUT2D eigenvalue weighted by atomic mass is 9.96. The van der Waals surface area contributed by atoms with Crippen molar-refractivity contribution in [1.82, 2.24) is 9.55 Å². The minimum Gasteiger partial charge on any atom is -0.370 e. The molecule has 14 heteroatoms. The standard InChI is InChI=1S/C26H30ClF6N5OS/c1-24(2,40(34)39)9-6-15-4-5-17(26(31,32)33)19(12-15)35-23-36-20-13-18(27)21(14-22(20)37(23)3)38-10-7-16(8-11-38)25(28,29)30/h4-5,12-14,16H,6-11,34H2,1-3H3,(H,35,36). The van der Waals surface area contributed by atoms with Gasteiger partial charge in [0.05, 0.1) is 54.6 Å². The second-order valence-electron chi connectivity index (χ2n) is 10.6. The topological polar surface area (TPSA) is 76.2 Å². The van der Waals surface area contributed by atoms with Crippen LogP contribution in [0.4, 0.5) is 43.7 Å². The highest BCUT2D eigenvalue weighted by atomic mass is 35.5. The van der Waals surface area contributed by atoms with Gasteiger partial charge in [-0.25, -0.2) is 9.19 Å². The van der Waals surface area contributed by atoms with Crippen LogP contribution in [0.2, 0.25) is 5.02 Å². The third kappa shape index (κ3) is 6.52. The Balaban J connectivity index is 1.63. The van der Waals surface area contributed by atoms with E-state index in [9.17, 15) is 30.6 Å². The lowest BCUT2D eigenvalue weighted by molar-refractivity contribution is -0.179. The van der Waals surface area contributed by atoms with E-state index in [1.807, 2.05) is 0 Å². The number of nitrogens with zero attached hydrogens (tertiary/aromatic N) is 3. The van der Waals surface area contributed by atoms with Crippen LogP contribution < -0.4 is 15.4 Å². The quantitative estimate of drug-likeness (QED) is 0.280. The Morgan fingerprint density at radius 3 is 2.33 bits per heavy atom. The normalized spacial score (nSPS) is 16.5. The molecule has 1 aliphatic heterocycles.